The number of fused-ring (bicyclic) bond motifs is 1. The van der Waals surface area contributed by atoms with Gasteiger partial charge in [0.1, 0.15) is 0 Å². The molecule has 1 fully saturated rings. The van der Waals surface area contributed by atoms with Crippen LogP contribution in [0.1, 0.15) is 40.4 Å². The zero-order valence-electron chi connectivity index (χ0n) is 10.9. The quantitative estimate of drug-likeness (QED) is 0.781. The van der Waals surface area contributed by atoms with Crippen LogP contribution in [0.5, 0.6) is 0 Å². The van der Waals surface area contributed by atoms with Gasteiger partial charge in [0, 0.05) is 18.0 Å². The standard InChI is InChI=1S/C14H19NO2S/c1-9-7-15(8-10(2)17-9)14(16)13-6-11-4-3-5-12(11)18-13/h6,9-10H,3-5,7-8H2,1-2H3/t9-,10-/m0/s1. The molecule has 1 aromatic heterocycles. The Labute approximate surface area is 112 Å². The van der Waals surface area contributed by atoms with E-state index in [2.05, 4.69) is 6.07 Å². The van der Waals surface area contributed by atoms with Gasteiger partial charge in [-0.15, -0.1) is 11.3 Å². The van der Waals surface area contributed by atoms with Crippen molar-refractivity contribution in [1.29, 1.82) is 0 Å². The number of carbonyl (C=O) groups is 1. The predicted molar refractivity (Wildman–Crippen MR) is 72.3 cm³/mol. The Morgan fingerprint density at radius 3 is 2.72 bits per heavy atom. The minimum atomic E-state index is 0.143. The maximum Gasteiger partial charge on any atom is 0.264 e. The summed E-state index contributed by atoms with van der Waals surface area (Å²) in [4.78, 5) is 16.8. The van der Waals surface area contributed by atoms with E-state index in [1.54, 1.807) is 11.3 Å². The van der Waals surface area contributed by atoms with Gasteiger partial charge in [-0.25, -0.2) is 0 Å². The number of hydrogen-bond donors (Lipinski definition) is 0. The third-order valence-corrected chi connectivity index (χ3v) is 4.89. The van der Waals surface area contributed by atoms with Crippen LogP contribution in [0, 0.1) is 0 Å². The van der Waals surface area contributed by atoms with Gasteiger partial charge < -0.3 is 9.64 Å². The van der Waals surface area contributed by atoms with Crippen molar-refractivity contribution in [1.82, 2.24) is 4.90 Å². The van der Waals surface area contributed by atoms with Gasteiger partial charge >= 0.3 is 0 Å². The van der Waals surface area contributed by atoms with Gasteiger partial charge in [-0.3, -0.25) is 4.79 Å². The first-order valence-electron chi connectivity index (χ1n) is 6.70. The number of ether oxygens (including phenoxy) is 1. The Bertz CT molecular complexity index is 437. The van der Waals surface area contributed by atoms with Crippen LogP contribution in [-0.2, 0) is 17.6 Å². The van der Waals surface area contributed by atoms with Gasteiger partial charge in [-0.2, -0.15) is 0 Å². The number of carbonyl (C=O) groups excluding carboxylic acids is 1. The molecule has 0 unspecified atom stereocenters. The second-order valence-electron chi connectivity index (χ2n) is 5.38. The van der Waals surface area contributed by atoms with Gasteiger partial charge in [0.2, 0.25) is 0 Å². The van der Waals surface area contributed by atoms with Gasteiger partial charge in [-0.05, 0) is 44.7 Å². The van der Waals surface area contributed by atoms with E-state index in [-0.39, 0.29) is 18.1 Å². The summed E-state index contributed by atoms with van der Waals surface area (Å²) >= 11 is 1.69. The largest absolute Gasteiger partial charge is 0.372 e. The van der Waals surface area contributed by atoms with E-state index in [0.717, 1.165) is 17.7 Å². The summed E-state index contributed by atoms with van der Waals surface area (Å²) < 4.78 is 5.67. The highest BCUT2D eigenvalue weighted by Gasteiger charge is 2.28. The van der Waals surface area contributed by atoms with Crippen LogP contribution in [-0.4, -0.2) is 36.1 Å². The molecule has 2 aliphatic rings. The summed E-state index contributed by atoms with van der Waals surface area (Å²) in [5, 5.41) is 0. The Hall–Kier alpha value is -0.870. The first-order chi connectivity index (χ1) is 8.63. The molecule has 1 aliphatic carbocycles. The molecule has 0 radical (unpaired) electrons. The fourth-order valence-corrected chi connectivity index (χ4v) is 4.16. The topological polar surface area (TPSA) is 29.5 Å². The van der Waals surface area contributed by atoms with Crippen LogP contribution < -0.4 is 0 Å². The fraction of sp³-hybridized carbons (Fsp3) is 0.643. The third-order valence-electron chi connectivity index (χ3n) is 3.66. The molecule has 98 valence electrons. The molecule has 0 saturated carbocycles. The van der Waals surface area contributed by atoms with Gasteiger partial charge in [0.15, 0.2) is 0 Å². The number of thiophene rings is 1. The molecule has 18 heavy (non-hydrogen) atoms. The monoisotopic (exact) mass is 265 g/mol. The lowest BCUT2D eigenvalue weighted by atomic mass is 10.2. The van der Waals surface area contributed by atoms with Crippen LogP contribution in [0.25, 0.3) is 0 Å². The Morgan fingerprint density at radius 2 is 2.06 bits per heavy atom. The van der Waals surface area contributed by atoms with E-state index in [1.165, 1.54) is 16.9 Å². The first-order valence-corrected chi connectivity index (χ1v) is 7.51. The average Bonchev–Trinajstić information content (AvgIpc) is 2.86. The van der Waals surface area contributed by atoms with E-state index < -0.39 is 0 Å². The summed E-state index contributed by atoms with van der Waals surface area (Å²) in [6.07, 6.45) is 3.84. The molecule has 1 aliphatic heterocycles. The van der Waals surface area contributed by atoms with Crippen molar-refractivity contribution in [2.75, 3.05) is 13.1 Å². The number of hydrogen-bond acceptors (Lipinski definition) is 3. The Kier molecular flexibility index (Phi) is 3.16. The minimum Gasteiger partial charge on any atom is -0.372 e. The summed E-state index contributed by atoms with van der Waals surface area (Å²) in [5.74, 6) is 0.191. The smallest absolute Gasteiger partial charge is 0.264 e. The van der Waals surface area contributed by atoms with Crippen molar-refractivity contribution < 1.29 is 9.53 Å². The highest BCUT2D eigenvalue weighted by atomic mass is 32.1. The molecule has 1 aromatic rings. The number of morpholine rings is 1. The Balaban J connectivity index is 1.77. The number of nitrogens with zero attached hydrogens (tertiary/aromatic N) is 1. The summed E-state index contributed by atoms with van der Waals surface area (Å²) in [7, 11) is 0. The zero-order chi connectivity index (χ0) is 12.7. The lowest BCUT2D eigenvalue weighted by molar-refractivity contribution is -0.0585. The average molecular weight is 265 g/mol. The van der Waals surface area contributed by atoms with Crippen LogP contribution >= 0.6 is 11.3 Å². The summed E-state index contributed by atoms with van der Waals surface area (Å²) in [5.41, 5.74) is 1.40. The highest BCUT2D eigenvalue weighted by Crippen LogP contribution is 2.31. The molecule has 0 bridgehead atoms. The molecule has 0 spiro atoms. The van der Waals surface area contributed by atoms with Crippen LogP contribution in [0.15, 0.2) is 6.07 Å². The van der Waals surface area contributed by atoms with E-state index >= 15 is 0 Å². The maximum absolute atomic E-state index is 12.5. The molecule has 1 saturated heterocycles. The molecule has 2 atom stereocenters. The van der Waals surface area contributed by atoms with Crippen LogP contribution in [0.4, 0.5) is 0 Å². The second-order valence-corrected chi connectivity index (χ2v) is 6.52. The molecule has 3 nitrogen and oxygen atoms in total. The van der Waals surface area contributed by atoms with Crippen molar-refractivity contribution >= 4 is 17.2 Å². The van der Waals surface area contributed by atoms with Crippen molar-refractivity contribution in [3.63, 3.8) is 0 Å². The summed E-state index contributed by atoms with van der Waals surface area (Å²) in [6, 6.07) is 2.11. The van der Waals surface area contributed by atoms with E-state index in [9.17, 15) is 4.79 Å². The zero-order valence-corrected chi connectivity index (χ0v) is 11.8. The second kappa shape index (κ2) is 4.67. The van der Waals surface area contributed by atoms with Crippen LogP contribution in [0.2, 0.25) is 0 Å². The van der Waals surface area contributed by atoms with Crippen molar-refractivity contribution in [3.8, 4) is 0 Å². The summed E-state index contributed by atoms with van der Waals surface area (Å²) in [6.45, 7) is 5.49. The molecule has 0 N–H and O–H groups in total. The van der Waals surface area contributed by atoms with Crippen molar-refractivity contribution in [2.45, 2.75) is 45.3 Å². The first kappa shape index (κ1) is 12.2. The van der Waals surface area contributed by atoms with Crippen LogP contribution in [0.3, 0.4) is 0 Å². The SMILES string of the molecule is C[C@H]1CN(C(=O)c2cc3c(s2)CCC3)C[C@H](C)O1. The molecule has 3 rings (SSSR count). The molecular weight excluding hydrogens is 246 g/mol. The number of amides is 1. The normalized spacial score (nSPS) is 27.3. The highest BCUT2D eigenvalue weighted by molar-refractivity contribution is 7.14. The Morgan fingerprint density at radius 1 is 1.33 bits per heavy atom. The number of rotatable bonds is 1. The maximum atomic E-state index is 12.5. The molecule has 2 heterocycles. The number of aryl methyl sites for hydroxylation is 2. The van der Waals surface area contributed by atoms with Gasteiger partial charge in [-0.1, -0.05) is 0 Å². The van der Waals surface area contributed by atoms with Gasteiger partial charge in [0.25, 0.3) is 5.91 Å². The predicted octanol–water partition coefficient (Wildman–Crippen LogP) is 2.49. The lowest BCUT2D eigenvalue weighted by Crippen LogP contribution is -2.48. The van der Waals surface area contributed by atoms with Crippen molar-refractivity contribution in [2.24, 2.45) is 0 Å². The van der Waals surface area contributed by atoms with E-state index in [0.29, 0.717) is 13.1 Å². The molecule has 0 aromatic carbocycles. The van der Waals surface area contributed by atoms with E-state index in [4.69, 9.17) is 4.74 Å². The lowest BCUT2D eigenvalue weighted by Gasteiger charge is -2.35. The molecular formula is C14H19NO2S. The van der Waals surface area contributed by atoms with E-state index in [1.807, 2.05) is 18.7 Å². The third kappa shape index (κ3) is 2.19. The van der Waals surface area contributed by atoms with Crippen molar-refractivity contribution in [3.05, 3.63) is 21.4 Å². The molecule has 1 amide bonds. The minimum absolute atomic E-state index is 0.143. The fourth-order valence-electron chi connectivity index (χ4n) is 2.93. The van der Waals surface area contributed by atoms with Gasteiger partial charge in [0.05, 0.1) is 17.1 Å². The molecule has 4 heteroatoms.